The second kappa shape index (κ2) is 6.64. The van der Waals surface area contributed by atoms with Crippen LogP contribution in [0.2, 0.25) is 0 Å². The molecule has 0 aromatic heterocycles. The molecule has 0 fully saturated rings. The molecule has 0 bridgehead atoms. The summed E-state index contributed by atoms with van der Waals surface area (Å²) in [6.45, 7) is 2.48. The molecule has 0 aliphatic carbocycles. The second-order valence-electron chi connectivity index (χ2n) is 4.73. The molecule has 0 heterocycles. The van der Waals surface area contributed by atoms with Crippen LogP contribution >= 0.6 is 0 Å². The number of benzene rings is 2. The quantitative estimate of drug-likeness (QED) is 0.673. The maximum Gasteiger partial charge on any atom is 0.274 e. The fraction of sp³-hybridized carbons (Fsp3) is 0.188. The average Bonchev–Trinajstić information content (AvgIpc) is 2.53. The Balaban J connectivity index is 2.06. The number of para-hydroxylation sites is 1. The summed E-state index contributed by atoms with van der Waals surface area (Å²) >= 11 is 0. The summed E-state index contributed by atoms with van der Waals surface area (Å²) in [5.74, 6) is 0. The first kappa shape index (κ1) is 14.7. The highest BCUT2D eigenvalue weighted by molar-refractivity contribution is 5.41. The van der Waals surface area contributed by atoms with E-state index in [1.54, 1.807) is 30.3 Å². The summed E-state index contributed by atoms with van der Waals surface area (Å²) in [6, 6.07) is 15.9. The Hall–Kier alpha value is -2.71. The van der Waals surface area contributed by atoms with Gasteiger partial charge in [0, 0.05) is 24.2 Å². The van der Waals surface area contributed by atoms with E-state index in [9.17, 15) is 10.1 Å². The highest BCUT2D eigenvalue weighted by Crippen LogP contribution is 2.24. The molecule has 1 atom stereocenters. The molecule has 2 aromatic rings. The van der Waals surface area contributed by atoms with Crippen LogP contribution < -0.4 is 5.32 Å². The van der Waals surface area contributed by atoms with Gasteiger partial charge in [0.25, 0.3) is 5.69 Å². The SMILES string of the molecule is CC(NCc1ccc(C#N)cc1)c1ccccc1[N+](=O)[O-]. The molecule has 0 saturated carbocycles. The number of nitro groups is 1. The number of hydrogen-bond acceptors (Lipinski definition) is 4. The molecule has 5 heteroatoms. The van der Waals surface area contributed by atoms with Crippen molar-refractivity contribution in [1.29, 1.82) is 5.26 Å². The molecule has 1 N–H and O–H groups in total. The number of nitrogens with one attached hydrogen (secondary N) is 1. The van der Waals surface area contributed by atoms with Crippen molar-refractivity contribution in [2.75, 3.05) is 0 Å². The average molecular weight is 281 g/mol. The van der Waals surface area contributed by atoms with Crippen LogP contribution in [0.5, 0.6) is 0 Å². The van der Waals surface area contributed by atoms with E-state index in [1.165, 1.54) is 6.07 Å². The van der Waals surface area contributed by atoms with Gasteiger partial charge in [0.15, 0.2) is 0 Å². The van der Waals surface area contributed by atoms with Crippen molar-refractivity contribution in [2.24, 2.45) is 0 Å². The first-order valence-electron chi connectivity index (χ1n) is 6.57. The third kappa shape index (κ3) is 3.65. The fourth-order valence-electron chi connectivity index (χ4n) is 2.10. The molecule has 106 valence electrons. The van der Waals surface area contributed by atoms with E-state index >= 15 is 0 Å². The van der Waals surface area contributed by atoms with Crippen molar-refractivity contribution in [1.82, 2.24) is 5.32 Å². The summed E-state index contributed by atoms with van der Waals surface area (Å²) in [5.41, 5.74) is 2.43. The summed E-state index contributed by atoms with van der Waals surface area (Å²) in [5, 5.41) is 23.0. The smallest absolute Gasteiger partial charge is 0.274 e. The molecule has 1 unspecified atom stereocenters. The number of nitrogens with zero attached hydrogens (tertiary/aromatic N) is 2. The molecule has 0 radical (unpaired) electrons. The Morgan fingerprint density at radius 2 is 1.90 bits per heavy atom. The molecule has 5 nitrogen and oxygen atoms in total. The maximum absolute atomic E-state index is 11.0. The molecule has 0 spiro atoms. The summed E-state index contributed by atoms with van der Waals surface area (Å²) in [6.07, 6.45) is 0. The minimum Gasteiger partial charge on any atom is -0.306 e. The molecular formula is C16H15N3O2. The van der Waals surface area contributed by atoms with Gasteiger partial charge in [-0.2, -0.15) is 5.26 Å². The molecule has 0 saturated heterocycles. The van der Waals surface area contributed by atoms with Gasteiger partial charge in [-0.25, -0.2) is 0 Å². The van der Waals surface area contributed by atoms with Gasteiger partial charge in [0.05, 0.1) is 16.6 Å². The van der Waals surface area contributed by atoms with E-state index < -0.39 is 0 Å². The molecule has 2 rings (SSSR count). The number of rotatable bonds is 5. The summed E-state index contributed by atoms with van der Waals surface area (Å²) in [7, 11) is 0. The Morgan fingerprint density at radius 1 is 1.24 bits per heavy atom. The fourth-order valence-corrected chi connectivity index (χ4v) is 2.10. The Labute approximate surface area is 123 Å². The van der Waals surface area contributed by atoms with E-state index in [-0.39, 0.29) is 16.7 Å². The minimum absolute atomic E-state index is 0.123. The number of hydrogen-bond donors (Lipinski definition) is 1. The van der Waals surface area contributed by atoms with Crippen LogP contribution in [0.25, 0.3) is 0 Å². The van der Waals surface area contributed by atoms with E-state index in [4.69, 9.17) is 5.26 Å². The van der Waals surface area contributed by atoms with Crippen molar-refractivity contribution in [3.8, 4) is 6.07 Å². The third-order valence-electron chi connectivity index (χ3n) is 3.30. The van der Waals surface area contributed by atoms with Gasteiger partial charge in [-0.05, 0) is 24.6 Å². The first-order chi connectivity index (χ1) is 10.1. The van der Waals surface area contributed by atoms with Gasteiger partial charge in [-0.3, -0.25) is 10.1 Å². The van der Waals surface area contributed by atoms with Crippen LogP contribution in [0, 0.1) is 21.4 Å². The highest BCUT2D eigenvalue weighted by Gasteiger charge is 2.17. The first-order valence-corrected chi connectivity index (χ1v) is 6.57. The lowest BCUT2D eigenvalue weighted by molar-refractivity contribution is -0.385. The van der Waals surface area contributed by atoms with Gasteiger partial charge >= 0.3 is 0 Å². The Morgan fingerprint density at radius 3 is 2.52 bits per heavy atom. The van der Waals surface area contributed by atoms with Gasteiger partial charge in [0.2, 0.25) is 0 Å². The van der Waals surface area contributed by atoms with Crippen LogP contribution in [-0.4, -0.2) is 4.92 Å². The van der Waals surface area contributed by atoms with Gasteiger partial charge in [0.1, 0.15) is 0 Å². The van der Waals surface area contributed by atoms with Crippen molar-refractivity contribution >= 4 is 5.69 Å². The van der Waals surface area contributed by atoms with Crippen molar-refractivity contribution in [3.63, 3.8) is 0 Å². The summed E-state index contributed by atoms with van der Waals surface area (Å²) in [4.78, 5) is 10.7. The zero-order valence-electron chi connectivity index (χ0n) is 11.6. The predicted molar refractivity (Wildman–Crippen MR) is 79.5 cm³/mol. The highest BCUT2D eigenvalue weighted by atomic mass is 16.6. The normalized spacial score (nSPS) is 11.6. The second-order valence-corrected chi connectivity index (χ2v) is 4.73. The standard InChI is InChI=1S/C16H15N3O2/c1-12(15-4-2-3-5-16(15)19(20)21)18-11-14-8-6-13(10-17)7-9-14/h2-9,12,18H,11H2,1H3. The van der Waals surface area contributed by atoms with E-state index in [0.29, 0.717) is 17.7 Å². The minimum atomic E-state index is -0.366. The van der Waals surface area contributed by atoms with Gasteiger partial charge in [-0.1, -0.05) is 30.3 Å². The van der Waals surface area contributed by atoms with E-state index in [1.807, 2.05) is 19.1 Å². The van der Waals surface area contributed by atoms with Gasteiger partial charge < -0.3 is 5.32 Å². The molecule has 0 aliphatic heterocycles. The Bertz CT molecular complexity index is 675. The zero-order valence-corrected chi connectivity index (χ0v) is 11.6. The zero-order chi connectivity index (χ0) is 15.2. The molecule has 2 aromatic carbocycles. The molecule has 21 heavy (non-hydrogen) atoms. The lowest BCUT2D eigenvalue weighted by Gasteiger charge is -2.14. The van der Waals surface area contributed by atoms with Crippen LogP contribution in [0.3, 0.4) is 0 Å². The van der Waals surface area contributed by atoms with Crippen LogP contribution in [0.15, 0.2) is 48.5 Å². The van der Waals surface area contributed by atoms with Crippen LogP contribution in [0.1, 0.15) is 29.7 Å². The topological polar surface area (TPSA) is 79.0 Å². The summed E-state index contributed by atoms with van der Waals surface area (Å²) < 4.78 is 0. The number of nitro benzene ring substituents is 1. The van der Waals surface area contributed by atoms with E-state index in [0.717, 1.165) is 5.56 Å². The Kier molecular flexibility index (Phi) is 4.64. The van der Waals surface area contributed by atoms with Crippen molar-refractivity contribution < 1.29 is 4.92 Å². The predicted octanol–water partition coefficient (Wildman–Crippen LogP) is 3.32. The lowest BCUT2D eigenvalue weighted by atomic mass is 10.1. The largest absolute Gasteiger partial charge is 0.306 e. The van der Waals surface area contributed by atoms with Crippen LogP contribution in [0.4, 0.5) is 5.69 Å². The maximum atomic E-state index is 11.0. The van der Waals surface area contributed by atoms with E-state index in [2.05, 4.69) is 11.4 Å². The van der Waals surface area contributed by atoms with Gasteiger partial charge in [-0.15, -0.1) is 0 Å². The molecule has 0 aliphatic rings. The van der Waals surface area contributed by atoms with Crippen LogP contribution in [-0.2, 0) is 6.54 Å². The molecule has 0 amide bonds. The lowest BCUT2D eigenvalue weighted by Crippen LogP contribution is -2.19. The van der Waals surface area contributed by atoms with Crippen molar-refractivity contribution in [2.45, 2.75) is 19.5 Å². The van der Waals surface area contributed by atoms with Crippen molar-refractivity contribution in [3.05, 3.63) is 75.3 Å². The molecular weight excluding hydrogens is 266 g/mol. The monoisotopic (exact) mass is 281 g/mol. The third-order valence-corrected chi connectivity index (χ3v) is 3.30. The number of nitriles is 1.